The highest BCUT2D eigenvalue weighted by Gasteiger charge is 2.68. The monoisotopic (exact) mass is 452 g/mol. The van der Waals surface area contributed by atoms with Gasteiger partial charge in [0.25, 0.3) is 0 Å². The first kappa shape index (κ1) is 21.4. The van der Waals surface area contributed by atoms with Crippen molar-refractivity contribution >= 4 is 23.5 Å². The van der Waals surface area contributed by atoms with Crippen LogP contribution < -0.4 is 19.7 Å². The second kappa shape index (κ2) is 7.86. The van der Waals surface area contributed by atoms with Crippen molar-refractivity contribution in [2.45, 2.75) is 24.9 Å². The summed E-state index contributed by atoms with van der Waals surface area (Å²) in [5, 5.41) is 23.1. The number of hydrogen-bond acceptors (Lipinski definition) is 7. The fourth-order valence-corrected chi connectivity index (χ4v) is 5.09. The van der Waals surface area contributed by atoms with Crippen LogP contribution in [0.25, 0.3) is 0 Å². The lowest BCUT2D eigenvalue weighted by Crippen LogP contribution is -2.58. The lowest BCUT2D eigenvalue weighted by Gasteiger charge is -2.29. The number of aliphatic hydroxyl groups excluding tert-OH is 1. The van der Waals surface area contributed by atoms with E-state index >= 15 is 0 Å². The second-order valence-electron chi connectivity index (χ2n) is 8.50. The van der Waals surface area contributed by atoms with Gasteiger partial charge in [0.2, 0.25) is 11.8 Å². The molecule has 3 aliphatic rings. The standard InChI is InChI=1S/C24H24N2O7/c1-2-13-3-6-15(7-4-13)26-21(28)18-19(22(26)29)24(12-27,23(30)31)25-20(18)14-5-8-16-17(11-14)33-10-9-32-16/h3-8,11,18-20,25,27H,2,9-10,12H2,1H3,(H,30,31). The Bertz CT molecular complexity index is 1130. The summed E-state index contributed by atoms with van der Waals surface area (Å²) in [6, 6.07) is 11.3. The number of ether oxygens (including phenoxy) is 2. The molecule has 0 bridgehead atoms. The van der Waals surface area contributed by atoms with Gasteiger partial charge in [0.1, 0.15) is 13.2 Å². The highest BCUT2D eigenvalue weighted by Crippen LogP contribution is 2.50. The smallest absolute Gasteiger partial charge is 0.327 e. The minimum Gasteiger partial charge on any atom is -0.486 e. The van der Waals surface area contributed by atoms with Gasteiger partial charge in [0.15, 0.2) is 17.0 Å². The molecule has 2 fully saturated rings. The Kier molecular flexibility index (Phi) is 5.10. The molecule has 0 aromatic heterocycles. The number of anilines is 1. The van der Waals surface area contributed by atoms with Crippen molar-refractivity contribution in [1.29, 1.82) is 0 Å². The maximum atomic E-state index is 13.6. The maximum absolute atomic E-state index is 13.6. The van der Waals surface area contributed by atoms with Gasteiger partial charge < -0.3 is 19.7 Å². The Morgan fingerprint density at radius 3 is 2.42 bits per heavy atom. The number of carbonyl (C=O) groups excluding carboxylic acids is 2. The Labute approximate surface area is 189 Å². The summed E-state index contributed by atoms with van der Waals surface area (Å²) in [6.07, 6.45) is 0.802. The number of carbonyl (C=O) groups is 3. The summed E-state index contributed by atoms with van der Waals surface area (Å²) in [6.45, 7) is 1.95. The van der Waals surface area contributed by atoms with Gasteiger partial charge in [-0.15, -0.1) is 0 Å². The summed E-state index contributed by atoms with van der Waals surface area (Å²) in [5.74, 6) is -3.76. The van der Waals surface area contributed by atoms with Crippen molar-refractivity contribution in [3.8, 4) is 11.5 Å². The van der Waals surface area contributed by atoms with Crippen LogP contribution in [0.5, 0.6) is 11.5 Å². The van der Waals surface area contributed by atoms with Crippen molar-refractivity contribution in [2.24, 2.45) is 11.8 Å². The van der Waals surface area contributed by atoms with Gasteiger partial charge in [0.05, 0.1) is 24.1 Å². The van der Waals surface area contributed by atoms with Gasteiger partial charge in [-0.1, -0.05) is 25.1 Å². The number of aliphatic carboxylic acids is 1. The molecule has 172 valence electrons. The van der Waals surface area contributed by atoms with Crippen LogP contribution in [0.15, 0.2) is 42.5 Å². The van der Waals surface area contributed by atoms with Crippen LogP contribution >= 0.6 is 0 Å². The molecular formula is C24H24N2O7. The predicted octanol–water partition coefficient (Wildman–Crippen LogP) is 1.29. The lowest BCUT2D eigenvalue weighted by atomic mass is 9.79. The van der Waals surface area contributed by atoms with E-state index in [1.807, 2.05) is 19.1 Å². The Hall–Kier alpha value is -3.43. The summed E-state index contributed by atoms with van der Waals surface area (Å²) in [5.41, 5.74) is 0.0157. The fraction of sp³-hybridized carbons (Fsp3) is 0.375. The van der Waals surface area contributed by atoms with E-state index in [0.29, 0.717) is 36.0 Å². The van der Waals surface area contributed by atoms with Crippen molar-refractivity contribution < 1.29 is 34.1 Å². The van der Waals surface area contributed by atoms with Gasteiger partial charge in [-0.3, -0.25) is 19.7 Å². The van der Waals surface area contributed by atoms with Gasteiger partial charge in [0, 0.05) is 6.04 Å². The molecule has 2 amide bonds. The summed E-state index contributed by atoms with van der Waals surface area (Å²) in [4.78, 5) is 40.5. The third-order valence-corrected chi connectivity index (χ3v) is 6.81. The first-order chi connectivity index (χ1) is 15.9. The van der Waals surface area contributed by atoms with Gasteiger partial charge in [-0.05, 0) is 41.8 Å². The average Bonchev–Trinajstić information content (AvgIpc) is 3.33. The highest BCUT2D eigenvalue weighted by atomic mass is 16.6. The molecule has 33 heavy (non-hydrogen) atoms. The quantitative estimate of drug-likeness (QED) is 0.580. The van der Waals surface area contributed by atoms with Crippen LogP contribution in [0.1, 0.15) is 24.1 Å². The molecule has 0 aliphatic carbocycles. The number of rotatable bonds is 5. The molecule has 3 aliphatic heterocycles. The van der Waals surface area contributed by atoms with Crippen molar-refractivity contribution in [3.05, 3.63) is 53.6 Å². The predicted molar refractivity (Wildman–Crippen MR) is 116 cm³/mol. The van der Waals surface area contributed by atoms with E-state index in [1.54, 1.807) is 30.3 Å². The summed E-state index contributed by atoms with van der Waals surface area (Å²) < 4.78 is 11.2. The third kappa shape index (κ3) is 3.11. The first-order valence-corrected chi connectivity index (χ1v) is 10.9. The molecule has 0 radical (unpaired) electrons. The SMILES string of the molecule is CCc1ccc(N2C(=O)C3C(c4ccc5c(c4)OCCO5)NC(CO)(C(=O)O)C3C2=O)cc1. The molecule has 2 saturated heterocycles. The zero-order valence-corrected chi connectivity index (χ0v) is 18.0. The van der Waals surface area contributed by atoms with E-state index < -0.39 is 47.8 Å². The van der Waals surface area contributed by atoms with Crippen LogP contribution in [0, 0.1) is 11.8 Å². The average molecular weight is 452 g/mol. The largest absolute Gasteiger partial charge is 0.486 e. The Morgan fingerprint density at radius 1 is 1.09 bits per heavy atom. The van der Waals surface area contributed by atoms with Crippen molar-refractivity contribution in [2.75, 3.05) is 24.7 Å². The Balaban J connectivity index is 1.59. The lowest BCUT2D eigenvalue weighted by molar-refractivity contribution is -0.150. The number of benzene rings is 2. The molecule has 0 spiro atoms. The third-order valence-electron chi connectivity index (χ3n) is 6.81. The molecular weight excluding hydrogens is 428 g/mol. The molecule has 2 aromatic carbocycles. The fourth-order valence-electron chi connectivity index (χ4n) is 5.09. The number of amides is 2. The molecule has 9 heteroatoms. The number of nitrogens with one attached hydrogen (secondary N) is 1. The number of carboxylic acid groups (broad SMARTS) is 1. The van der Waals surface area contributed by atoms with Crippen molar-refractivity contribution in [3.63, 3.8) is 0 Å². The number of aryl methyl sites for hydroxylation is 1. The number of carboxylic acids is 1. The first-order valence-electron chi connectivity index (χ1n) is 10.9. The molecule has 5 rings (SSSR count). The Morgan fingerprint density at radius 2 is 1.79 bits per heavy atom. The molecule has 3 N–H and O–H groups in total. The van der Waals surface area contributed by atoms with E-state index in [2.05, 4.69) is 5.32 Å². The van der Waals surface area contributed by atoms with Crippen LogP contribution in [-0.2, 0) is 20.8 Å². The number of fused-ring (bicyclic) bond motifs is 2. The number of aliphatic hydroxyl groups is 1. The van der Waals surface area contributed by atoms with Crippen LogP contribution in [0.2, 0.25) is 0 Å². The molecule has 2 aromatic rings. The molecule has 4 atom stereocenters. The van der Waals surface area contributed by atoms with Crippen LogP contribution in [0.4, 0.5) is 5.69 Å². The number of nitrogens with zero attached hydrogens (tertiary/aromatic N) is 1. The topological polar surface area (TPSA) is 125 Å². The van der Waals surface area contributed by atoms with Gasteiger partial charge in [-0.2, -0.15) is 0 Å². The zero-order valence-electron chi connectivity index (χ0n) is 18.0. The normalized spacial score (nSPS) is 28.2. The molecule has 3 heterocycles. The maximum Gasteiger partial charge on any atom is 0.327 e. The van der Waals surface area contributed by atoms with Crippen molar-refractivity contribution in [1.82, 2.24) is 5.32 Å². The molecule has 9 nitrogen and oxygen atoms in total. The van der Waals surface area contributed by atoms with E-state index in [9.17, 15) is 24.6 Å². The van der Waals surface area contributed by atoms with Gasteiger partial charge >= 0.3 is 5.97 Å². The van der Waals surface area contributed by atoms with E-state index in [-0.39, 0.29) is 0 Å². The van der Waals surface area contributed by atoms with E-state index in [0.717, 1.165) is 16.9 Å². The minimum atomic E-state index is -1.99. The number of hydrogen-bond donors (Lipinski definition) is 3. The summed E-state index contributed by atoms with van der Waals surface area (Å²) in [7, 11) is 0. The van der Waals surface area contributed by atoms with Crippen LogP contribution in [-0.4, -0.2) is 53.4 Å². The minimum absolute atomic E-state index is 0.370. The molecule has 0 saturated carbocycles. The number of imide groups is 1. The van der Waals surface area contributed by atoms with E-state index in [4.69, 9.17) is 9.47 Å². The van der Waals surface area contributed by atoms with E-state index in [1.165, 1.54) is 0 Å². The summed E-state index contributed by atoms with van der Waals surface area (Å²) >= 11 is 0. The van der Waals surface area contributed by atoms with Crippen LogP contribution in [0.3, 0.4) is 0 Å². The highest BCUT2D eigenvalue weighted by molar-refractivity contribution is 6.24. The second-order valence-corrected chi connectivity index (χ2v) is 8.50. The van der Waals surface area contributed by atoms with Gasteiger partial charge in [-0.25, -0.2) is 4.90 Å². The molecule has 4 unspecified atom stereocenters. The zero-order chi connectivity index (χ0) is 23.3.